The Hall–Kier alpha value is -1.98. The van der Waals surface area contributed by atoms with Gasteiger partial charge in [0.2, 0.25) is 5.95 Å². The molecule has 1 aliphatic rings. The van der Waals surface area contributed by atoms with Crippen molar-refractivity contribution in [2.45, 2.75) is 46.0 Å². The Balaban J connectivity index is 1.61. The van der Waals surface area contributed by atoms with E-state index in [9.17, 15) is 0 Å². The highest BCUT2D eigenvalue weighted by molar-refractivity contribution is 5.31. The zero-order valence-corrected chi connectivity index (χ0v) is 14.4. The van der Waals surface area contributed by atoms with Gasteiger partial charge in [0.15, 0.2) is 0 Å². The second kappa shape index (κ2) is 7.06. The van der Waals surface area contributed by atoms with Crippen LogP contribution in [0.15, 0.2) is 12.4 Å². The number of rotatable bonds is 5. The number of hydrogen-bond donors (Lipinski definition) is 0. The SMILES string of the molecule is CCc1nnc(N2CCC(Cc3nccn3C)CC2)nc1CC. The summed E-state index contributed by atoms with van der Waals surface area (Å²) in [6.07, 6.45) is 9.10. The molecule has 0 aromatic carbocycles. The molecular formula is C17H26N6. The minimum atomic E-state index is 0.695. The van der Waals surface area contributed by atoms with Crippen LogP contribution in [0.1, 0.15) is 43.9 Å². The number of aryl methyl sites for hydroxylation is 3. The molecule has 0 spiro atoms. The van der Waals surface area contributed by atoms with Crippen molar-refractivity contribution >= 4 is 5.95 Å². The van der Waals surface area contributed by atoms with E-state index in [0.29, 0.717) is 5.92 Å². The third-order valence-electron chi connectivity index (χ3n) is 4.79. The van der Waals surface area contributed by atoms with Gasteiger partial charge in [-0.2, -0.15) is 5.10 Å². The van der Waals surface area contributed by atoms with E-state index in [4.69, 9.17) is 4.98 Å². The molecular weight excluding hydrogens is 288 g/mol. The highest BCUT2D eigenvalue weighted by Crippen LogP contribution is 2.23. The van der Waals surface area contributed by atoms with Crippen molar-refractivity contribution in [1.82, 2.24) is 24.7 Å². The number of hydrogen-bond acceptors (Lipinski definition) is 5. The maximum atomic E-state index is 4.74. The monoisotopic (exact) mass is 314 g/mol. The van der Waals surface area contributed by atoms with Gasteiger partial charge in [0.25, 0.3) is 0 Å². The van der Waals surface area contributed by atoms with Crippen molar-refractivity contribution in [2.24, 2.45) is 13.0 Å². The Morgan fingerprint density at radius 3 is 2.43 bits per heavy atom. The topological polar surface area (TPSA) is 59.7 Å². The maximum Gasteiger partial charge on any atom is 0.245 e. The fourth-order valence-corrected chi connectivity index (χ4v) is 3.25. The molecule has 3 rings (SSSR count). The van der Waals surface area contributed by atoms with Crippen LogP contribution in [0.2, 0.25) is 0 Å². The van der Waals surface area contributed by atoms with Crippen molar-refractivity contribution < 1.29 is 0 Å². The average molecular weight is 314 g/mol. The third kappa shape index (κ3) is 3.51. The predicted molar refractivity (Wildman–Crippen MR) is 90.4 cm³/mol. The van der Waals surface area contributed by atoms with Gasteiger partial charge in [-0.15, -0.1) is 5.10 Å². The lowest BCUT2D eigenvalue weighted by Crippen LogP contribution is -2.36. The van der Waals surface area contributed by atoms with Crippen LogP contribution < -0.4 is 4.90 Å². The number of nitrogens with zero attached hydrogens (tertiary/aromatic N) is 6. The summed E-state index contributed by atoms with van der Waals surface area (Å²) in [4.78, 5) is 11.5. The maximum absolute atomic E-state index is 4.74. The highest BCUT2D eigenvalue weighted by atomic mass is 15.3. The second-order valence-electron chi connectivity index (χ2n) is 6.30. The van der Waals surface area contributed by atoms with E-state index in [1.54, 1.807) is 0 Å². The molecule has 1 saturated heterocycles. The zero-order valence-electron chi connectivity index (χ0n) is 14.4. The first kappa shape index (κ1) is 15.9. The summed E-state index contributed by atoms with van der Waals surface area (Å²) >= 11 is 0. The summed E-state index contributed by atoms with van der Waals surface area (Å²) in [7, 11) is 2.07. The smallest absolute Gasteiger partial charge is 0.245 e. The molecule has 1 fully saturated rings. The van der Waals surface area contributed by atoms with Gasteiger partial charge in [-0.3, -0.25) is 0 Å². The highest BCUT2D eigenvalue weighted by Gasteiger charge is 2.23. The van der Waals surface area contributed by atoms with E-state index in [2.05, 4.69) is 45.5 Å². The summed E-state index contributed by atoms with van der Waals surface area (Å²) in [6, 6.07) is 0. The van der Waals surface area contributed by atoms with Crippen LogP contribution in [0.4, 0.5) is 5.95 Å². The van der Waals surface area contributed by atoms with E-state index in [0.717, 1.165) is 62.5 Å². The minimum absolute atomic E-state index is 0.695. The molecule has 0 radical (unpaired) electrons. The van der Waals surface area contributed by atoms with E-state index in [1.807, 2.05) is 12.4 Å². The van der Waals surface area contributed by atoms with Crippen molar-refractivity contribution in [1.29, 1.82) is 0 Å². The van der Waals surface area contributed by atoms with Crippen LogP contribution in [-0.2, 0) is 26.3 Å². The molecule has 0 bridgehead atoms. The summed E-state index contributed by atoms with van der Waals surface area (Å²) in [5.74, 6) is 2.68. The van der Waals surface area contributed by atoms with Gasteiger partial charge < -0.3 is 9.47 Å². The Bertz CT molecular complexity index is 642. The lowest BCUT2D eigenvalue weighted by molar-refractivity contribution is 0.390. The largest absolute Gasteiger partial charge is 0.340 e. The lowest BCUT2D eigenvalue weighted by Gasteiger charge is -2.31. The molecule has 23 heavy (non-hydrogen) atoms. The normalized spacial score (nSPS) is 16.0. The molecule has 3 heterocycles. The van der Waals surface area contributed by atoms with Crippen molar-refractivity contribution in [2.75, 3.05) is 18.0 Å². The van der Waals surface area contributed by atoms with Crippen LogP contribution in [0.3, 0.4) is 0 Å². The molecule has 124 valence electrons. The molecule has 0 aliphatic carbocycles. The standard InChI is InChI=1S/C17H26N6/c1-4-14-15(5-2)20-21-17(19-14)23-9-6-13(7-10-23)12-16-18-8-11-22(16)3/h8,11,13H,4-7,9-10,12H2,1-3H3. The third-order valence-corrected chi connectivity index (χ3v) is 4.79. The van der Waals surface area contributed by atoms with Crippen LogP contribution in [0.5, 0.6) is 0 Å². The fraction of sp³-hybridized carbons (Fsp3) is 0.647. The number of aromatic nitrogens is 5. The van der Waals surface area contributed by atoms with Crippen molar-refractivity contribution in [3.05, 3.63) is 29.6 Å². The van der Waals surface area contributed by atoms with Crippen molar-refractivity contribution in [3.8, 4) is 0 Å². The number of anilines is 1. The van der Waals surface area contributed by atoms with Gasteiger partial charge >= 0.3 is 0 Å². The fourth-order valence-electron chi connectivity index (χ4n) is 3.25. The molecule has 0 N–H and O–H groups in total. The minimum Gasteiger partial charge on any atom is -0.340 e. The molecule has 0 amide bonds. The Morgan fingerprint density at radius 2 is 1.83 bits per heavy atom. The molecule has 0 saturated carbocycles. The molecule has 1 aliphatic heterocycles. The summed E-state index contributed by atoms with van der Waals surface area (Å²) < 4.78 is 2.12. The lowest BCUT2D eigenvalue weighted by atomic mass is 9.93. The Morgan fingerprint density at radius 1 is 1.09 bits per heavy atom. The first-order chi connectivity index (χ1) is 11.2. The molecule has 0 unspecified atom stereocenters. The molecule has 0 atom stereocenters. The molecule has 6 nitrogen and oxygen atoms in total. The van der Waals surface area contributed by atoms with Gasteiger partial charge in [-0.05, 0) is 31.6 Å². The van der Waals surface area contributed by atoms with E-state index in [-0.39, 0.29) is 0 Å². The Kier molecular flexibility index (Phi) is 4.88. The molecule has 2 aromatic heterocycles. The van der Waals surface area contributed by atoms with Crippen LogP contribution in [0.25, 0.3) is 0 Å². The van der Waals surface area contributed by atoms with Crippen molar-refractivity contribution in [3.63, 3.8) is 0 Å². The van der Waals surface area contributed by atoms with Gasteiger partial charge in [0.05, 0.1) is 11.4 Å². The number of imidazole rings is 1. The summed E-state index contributed by atoms with van der Waals surface area (Å²) in [5, 5.41) is 8.71. The van der Waals surface area contributed by atoms with Crippen LogP contribution >= 0.6 is 0 Å². The second-order valence-corrected chi connectivity index (χ2v) is 6.30. The van der Waals surface area contributed by atoms with E-state index in [1.165, 1.54) is 5.82 Å². The first-order valence-corrected chi connectivity index (χ1v) is 8.64. The van der Waals surface area contributed by atoms with Gasteiger partial charge in [-0.25, -0.2) is 9.97 Å². The Labute approximate surface area is 138 Å². The van der Waals surface area contributed by atoms with Crippen LogP contribution in [-0.4, -0.2) is 37.8 Å². The van der Waals surface area contributed by atoms with Crippen LogP contribution in [0, 0.1) is 5.92 Å². The quantitative estimate of drug-likeness (QED) is 0.846. The first-order valence-electron chi connectivity index (χ1n) is 8.64. The van der Waals surface area contributed by atoms with E-state index >= 15 is 0 Å². The zero-order chi connectivity index (χ0) is 16.2. The molecule has 2 aromatic rings. The summed E-state index contributed by atoms with van der Waals surface area (Å²) in [5.41, 5.74) is 2.12. The summed E-state index contributed by atoms with van der Waals surface area (Å²) in [6.45, 7) is 6.25. The number of piperidine rings is 1. The van der Waals surface area contributed by atoms with E-state index < -0.39 is 0 Å². The van der Waals surface area contributed by atoms with Gasteiger partial charge in [0.1, 0.15) is 5.82 Å². The van der Waals surface area contributed by atoms with Gasteiger partial charge in [0, 0.05) is 39.0 Å². The average Bonchev–Trinajstić information content (AvgIpc) is 3.00. The predicted octanol–water partition coefficient (Wildman–Crippen LogP) is 2.19. The van der Waals surface area contributed by atoms with Gasteiger partial charge in [-0.1, -0.05) is 13.8 Å². The molecule has 6 heteroatoms.